The van der Waals surface area contributed by atoms with Crippen LogP contribution in [0.1, 0.15) is 75.9 Å². The quantitative estimate of drug-likeness (QED) is 0.163. The zero-order valence-electron chi connectivity index (χ0n) is 24.8. The van der Waals surface area contributed by atoms with Gasteiger partial charge in [0.25, 0.3) is 11.8 Å². The SMILES string of the molecule is CCCN(CCC)C(=O)c1cc(C)cc(C(=O)NC(Cc2cc(F)cc(F)c2)C(O)CSc2ncc(C(=O)OCC)[nH]2)c1. The van der Waals surface area contributed by atoms with E-state index in [4.69, 9.17) is 4.74 Å². The van der Waals surface area contributed by atoms with Crippen LogP contribution in [0, 0.1) is 18.6 Å². The molecule has 1 aromatic heterocycles. The third-order valence-corrected chi connectivity index (χ3v) is 7.45. The highest BCUT2D eigenvalue weighted by Crippen LogP contribution is 2.20. The van der Waals surface area contributed by atoms with Crippen molar-refractivity contribution in [2.24, 2.45) is 0 Å². The van der Waals surface area contributed by atoms with Gasteiger partial charge in [-0.2, -0.15) is 0 Å². The first-order valence-electron chi connectivity index (χ1n) is 14.2. The number of aryl methyl sites for hydroxylation is 1. The van der Waals surface area contributed by atoms with Crippen LogP contribution in [0.2, 0.25) is 0 Å². The molecule has 232 valence electrons. The Morgan fingerprint density at radius 1 is 1.02 bits per heavy atom. The number of aliphatic hydroxyl groups excluding tert-OH is 1. The Bertz CT molecular complexity index is 1390. The van der Waals surface area contributed by atoms with Crippen LogP contribution in [-0.2, 0) is 11.2 Å². The number of aliphatic hydroxyl groups is 1. The molecule has 2 aromatic carbocycles. The average Bonchev–Trinajstić information content (AvgIpc) is 3.43. The minimum Gasteiger partial charge on any atom is -0.461 e. The zero-order valence-corrected chi connectivity index (χ0v) is 25.6. The number of aromatic nitrogens is 2. The summed E-state index contributed by atoms with van der Waals surface area (Å²) in [6.07, 6.45) is 1.65. The maximum absolute atomic E-state index is 14.0. The smallest absolute Gasteiger partial charge is 0.356 e. The summed E-state index contributed by atoms with van der Waals surface area (Å²) in [5.74, 6) is -2.83. The number of carbonyl (C=O) groups is 3. The highest BCUT2D eigenvalue weighted by molar-refractivity contribution is 7.99. The maximum Gasteiger partial charge on any atom is 0.356 e. The molecule has 12 heteroatoms. The maximum atomic E-state index is 14.0. The van der Waals surface area contributed by atoms with Crippen molar-refractivity contribution in [3.8, 4) is 0 Å². The molecular formula is C31H38F2N4O5S. The third kappa shape index (κ3) is 9.89. The van der Waals surface area contributed by atoms with Crippen molar-refractivity contribution >= 4 is 29.5 Å². The second-order valence-corrected chi connectivity index (χ2v) is 11.2. The summed E-state index contributed by atoms with van der Waals surface area (Å²) in [6.45, 7) is 8.83. The Balaban J connectivity index is 1.82. The topological polar surface area (TPSA) is 125 Å². The van der Waals surface area contributed by atoms with Gasteiger partial charge in [-0.3, -0.25) is 9.59 Å². The second kappa shape index (κ2) is 16.2. The fourth-order valence-corrected chi connectivity index (χ4v) is 5.43. The van der Waals surface area contributed by atoms with E-state index in [0.717, 1.165) is 42.8 Å². The van der Waals surface area contributed by atoms with Crippen molar-refractivity contribution in [3.63, 3.8) is 0 Å². The molecule has 3 N–H and O–H groups in total. The number of esters is 1. The molecular weight excluding hydrogens is 578 g/mol. The summed E-state index contributed by atoms with van der Waals surface area (Å²) in [5, 5.41) is 14.3. The Morgan fingerprint density at radius 3 is 2.30 bits per heavy atom. The monoisotopic (exact) mass is 616 g/mol. The lowest BCUT2D eigenvalue weighted by atomic mass is 10.00. The number of benzene rings is 2. The molecule has 2 atom stereocenters. The summed E-state index contributed by atoms with van der Waals surface area (Å²) in [6, 6.07) is 6.94. The zero-order chi connectivity index (χ0) is 31.5. The molecule has 0 aliphatic carbocycles. The van der Waals surface area contributed by atoms with Gasteiger partial charge < -0.3 is 25.0 Å². The lowest BCUT2D eigenvalue weighted by molar-refractivity contribution is 0.0519. The highest BCUT2D eigenvalue weighted by Gasteiger charge is 2.25. The van der Waals surface area contributed by atoms with E-state index in [1.165, 1.54) is 12.3 Å². The Morgan fingerprint density at radius 2 is 1.67 bits per heavy atom. The van der Waals surface area contributed by atoms with Crippen LogP contribution < -0.4 is 5.32 Å². The van der Waals surface area contributed by atoms with Crippen molar-refractivity contribution in [1.82, 2.24) is 20.2 Å². The molecule has 0 aliphatic rings. The molecule has 0 spiro atoms. The first-order valence-corrected chi connectivity index (χ1v) is 15.2. The van der Waals surface area contributed by atoms with E-state index < -0.39 is 35.7 Å². The molecule has 9 nitrogen and oxygen atoms in total. The Kier molecular flexibility index (Phi) is 12.7. The first kappa shape index (κ1) is 33.7. The number of halogens is 2. The van der Waals surface area contributed by atoms with Gasteiger partial charge in [0.15, 0.2) is 5.16 Å². The number of aromatic amines is 1. The molecule has 0 saturated carbocycles. The van der Waals surface area contributed by atoms with Crippen molar-refractivity contribution < 1.29 is 33.0 Å². The van der Waals surface area contributed by atoms with Gasteiger partial charge in [-0.05, 0) is 74.6 Å². The molecule has 2 unspecified atom stereocenters. The number of nitrogens with zero attached hydrogens (tertiary/aromatic N) is 2. The van der Waals surface area contributed by atoms with Crippen LogP contribution in [0.4, 0.5) is 8.78 Å². The number of amides is 2. The van der Waals surface area contributed by atoms with Crippen LogP contribution in [0.15, 0.2) is 47.8 Å². The second-order valence-electron chi connectivity index (χ2n) is 10.1. The number of ether oxygens (including phenoxy) is 1. The number of carbonyl (C=O) groups excluding carboxylic acids is 3. The van der Waals surface area contributed by atoms with Crippen LogP contribution >= 0.6 is 11.8 Å². The van der Waals surface area contributed by atoms with E-state index >= 15 is 0 Å². The summed E-state index contributed by atoms with van der Waals surface area (Å²) in [5.41, 5.74) is 1.70. The predicted molar refractivity (Wildman–Crippen MR) is 160 cm³/mol. The molecule has 0 bridgehead atoms. The number of hydrogen-bond acceptors (Lipinski definition) is 7. The number of nitrogens with one attached hydrogen (secondary N) is 2. The van der Waals surface area contributed by atoms with Gasteiger partial charge in [-0.15, -0.1) is 0 Å². The number of H-pyrrole nitrogens is 1. The lowest BCUT2D eigenvalue weighted by Crippen LogP contribution is -2.46. The number of thioether (sulfide) groups is 1. The third-order valence-electron chi connectivity index (χ3n) is 6.46. The Labute approximate surface area is 254 Å². The molecule has 0 fully saturated rings. The van der Waals surface area contributed by atoms with Gasteiger partial charge in [0.1, 0.15) is 17.3 Å². The minimum absolute atomic E-state index is 0.0269. The van der Waals surface area contributed by atoms with E-state index in [0.29, 0.717) is 29.4 Å². The van der Waals surface area contributed by atoms with Gasteiger partial charge in [0.2, 0.25) is 0 Å². The molecule has 0 saturated heterocycles. The summed E-state index contributed by atoms with van der Waals surface area (Å²) in [7, 11) is 0. The molecule has 43 heavy (non-hydrogen) atoms. The molecule has 3 aromatic rings. The van der Waals surface area contributed by atoms with E-state index in [1.54, 1.807) is 30.9 Å². The van der Waals surface area contributed by atoms with Crippen LogP contribution in [-0.4, -0.2) is 75.4 Å². The standard InChI is InChI=1S/C31H38F2N4O5S/c1-5-8-37(9-6-2)29(40)22-11-19(4)10-21(15-22)28(39)35-25(14-20-12-23(32)16-24(33)13-20)27(38)18-43-31-34-17-26(36-31)30(41)42-7-3/h10-13,15-17,25,27,38H,5-9,14,18H2,1-4H3,(H,34,36)(H,35,39). The number of rotatable bonds is 15. The van der Waals surface area contributed by atoms with Crippen molar-refractivity contribution in [1.29, 1.82) is 0 Å². The van der Waals surface area contributed by atoms with Crippen LogP contribution in [0.3, 0.4) is 0 Å². The van der Waals surface area contributed by atoms with Crippen molar-refractivity contribution in [2.75, 3.05) is 25.4 Å². The van der Waals surface area contributed by atoms with Gasteiger partial charge >= 0.3 is 5.97 Å². The summed E-state index contributed by atoms with van der Waals surface area (Å²) < 4.78 is 32.9. The van der Waals surface area contributed by atoms with Crippen LogP contribution in [0.25, 0.3) is 0 Å². The average molecular weight is 617 g/mol. The molecule has 3 rings (SSSR count). The molecule has 2 amide bonds. The van der Waals surface area contributed by atoms with Crippen molar-refractivity contribution in [3.05, 3.63) is 82.2 Å². The molecule has 1 heterocycles. The largest absolute Gasteiger partial charge is 0.461 e. The molecule has 0 radical (unpaired) electrons. The Hall–Kier alpha value is -3.77. The van der Waals surface area contributed by atoms with E-state index in [-0.39, 0.29) is 41.5 Å². The predicted octanol–water partition coefficient (Wildman–Crippen LogP) is 4.93. The van der Waals surface area contributed by atoms with E-state index in [1.807, 2.05) is 13.8 Å². The van der Waals surface area contributed by atoms with E-state index in [2.05, 4.69) is 15.3 Å². The number of imidazole rings is 1. The highest BCUT2D eigenvalue weighted by atomic mass is 32.2. The van der Waals surface area contributed by atoms with Crippen LogP contribution in [0.5, 0.6) is 0 Å². The van der Waals surface area contributed by atoms with Crippen molar-refractivity contribution in [2.45, 2.75) is 64.3 Å². The van der Waals surface area contributed by atoms with Gasteiger partial charge in [0, 0.05) is 36.0 Å². The number of hydrogen-bond donors (Lipinski definition) is 3. The van der Waals surface area contributed by atoms with Gasteiger partial charge in [-0.25, -0.2) is 18.6 Å². The first-order chi connectivity index (χ1) is 20.5. The van der Waals surface area contributed by atoms with Gasteiger partial charge in [-0.1, -0.05) is 25.6 Å². The lowest BCUT2D eigenvalue weighted by Gasteiger charge is -2.25. The normalized spacial score (nSPS) is 12.4. The molecule has 0 aliphatic heterocycles. The summed E-state index contributed by atoms with van der Waals surface area (Å²) in [4.78, 5) is 47.3. The fourth-order valence-electron chi connectivity index (χ4n) is 4.56. The minimum atomic E-state index is -1.19. The van der Waals surface area contributed by atoms with Gasteiger partial charge in [0.05, 0.1) is 24.9 Å². The summed E-state index contributed by atoms with van der Waals surface area (Å²) >= 11 is 1.10. The fraction of sp³-hybridized carbons (Fsp3) is 0.419. The van der Waals surface area contributed by atoms with E-state index in [9.17, 15) is 28.3 Å².